The molecule has 0 radical (unpaired) electrons. The molecule has 0 aliphatic heterocycles. The average molecular weight is 286 g/mol. The molecule has 100 valence electrons. The largest absolute Gasteiger partial charge is 0.325 e. The van der Waals surface area contributed by atoms with Gasteiger partial charge in [0.2, 0.25) is 11.2 Å². The van der Waals surface area contributed by atoms with Crippen molar-refractivity contribution in [3.63, 3.8) is 0 Å². The smallest absolute Gasteiger partial charge is 0.244 e. The average Bonchev–Trinajstić information content (AvgIpc) is 2.76. The molecule has 2 aromatic carbocycles. The van der Waals surface area contributed by atoms with Crippen LogP contribution in [-0.2, 0) is 11.3 Å². The summed E-state index contributed by atoms with van der Waals surface area (Å²) in [5.41, 5.74) is 2.39. The van der Waals surface area contributed by atoms with Crippen molar-refractivity contribution in [1.82, 2.24) is 9.55 Å². The van der Waals surface area contributed by atoms with Crippen LogP contribution < -0.4 is 5.32 Å². The van der Waals surface area contributed by atoms with Gasteiger partial charge in [-0.05, 0) is 35.9 Å². The van der Waals surface area contributed by atoms with Gasteiger partial charge < -0.3 is 9.88 Å². The number of para-hydroxylation sites is 3. The number of hydrogen-bond acceptors (Lipinski definition) is 2. The van der Waals surface area contributed by atoms with Gasteiger partial charge in [0.25, 0.3) is 0 Å². The summed E-state index contributed by atoms with van der Waals surface area (Å²) in [6.45, 7) is 0.133. The van der Waals surface area contributed by atoms with Gasteiger partial charge in [0.05, 0.1) is 11.0 Å². The maximum Gasteiger partial charge on any atom is 0.244 e. The summed E-state index contributed by atoms with van der Waals surface area (Å²) in [4.78, 5) is 16.3. The Morgan fingerprint density at radius 3 is 2.60 bits per heavy atom. The molecule has 0 spiro atoms. The number of aromatic nitrogens is 2. The van der Waals surface area contributed by atoms with Crippen LogP contribution in [0.5, 0.6) is 0 Å². The lowest BCUT2D eigenvalue weighted by molar-refractivity contribution is -0.116. The maximum atomic E-state index is 12.1. The third-order valence-electron chi connectivity index (χ3n) is 2.97. The molecule has 3 rings (SSSR count). The molecule has 0 atom stereocenters. The molecule has 0 fully saturated rings. The molecule has 4 nitrogen and oxygen atoms in total. The molecule has 20 heavy (non-hydrogen) atoms. The van der Waals surface area contributed by atoms with E-state index >= 15 is 0 Å². The first kappa shape index (κ1) is 12.7. The first-order chi connectivity index (χ1) is 9.74. The van der Waals surface area contributed by atoms with Gasteiger partial charge in [0.1, 0.15) is 6.54 Å². The number of nitrogens with zero attached hydrogens (tertiary/aromatic N) is 2. The number of anilines is 1. The Labute approximate surface area is 121 Å². The standard InChI is InChI=1S/C15H12ClN3O/c16-15-18-12-8-4-5-9-13(12)19(15)10-14(20)17-11-6-2-1-3-7-11/h1-9H,10H2,(H,17,20). The minimum Gasteiger partial charge on any atom is -0.325 e. The zero-order chi connectivity index (χ0) is 13.9. The van der Waals surface area contributed by atoms with E-state index in [1.807, 2.05) is 54.6 Å². The van der Waals surface area contributed by atoms with Crippen molar-refractivity contribution in [3.8, 4) is 0 Å². The van der Waals surface area contributed by atoms with Crippen molar-refractivity contribution in [1.29, 1.82) is 0 Å². The zero-order valence-electron chi connectivity index (χ0n) is 10.6. The molecule has 1 N–H and O–H groups in total. The van der Waals surface area contributed by atoms with E-state index in [4.69, 9.17) is 11.6 Å². The van der Waals surface area contributed by atoms with E-state index in [-0.39, 0.29) is 12.5 Å². The Morgan fingerprint density at radius 1 is 1.10 bits per heavy atom. The molecule has 1 amide bonds. The second-order valence-corrected chi connectivity index (χ2v) is 4.71. The van der Waals surface area contributed by atoms with Crippen molar-refractivity contribution in [3.05, 3.63) is 59.9 Å². The van der Waals surface area contributed by atoms with Crippen LogP contribution in [0, 0.1) is 0 Å². The van der Waals surface area contributed by atoms with Gasteiger partial charge in [-0.3, -0.25) is 4.79 Å². The fourth-order valence-corrected chi connectivity index (χ4v) is 2.30. The van der Waals surface area contributed by atoms with Crippen LogP contribution in [0.25, 0.3) is 11.0 Å². The Bertz CT molecular complexity index is 752. The highest BCUT2D eigenvalue weighted by molar-refractivity contribution is 6.29. The fraction of sp³-hybridized carbons (Fsp3) is 0.0667. The molecule has 0 bridgehead atoms. The molecule has 0 unspecified atom stereocenters. The van der Waals surface area contributed by atoms with Gasteiger partial charge in [-0.15, -0.1) is 0 Å². The highest BCUT2D eigenvalue weighted by atomic mass is 35.5. The predicted molar refractivity (Wildman–Crippen MR) is 79.8 cm³/mol. The lowest BCUT2D eigenvalue weighted by Crippen LogP contribution is -2.18. The van der Waals surface area contributed by atoms with Crippen LogP contribution in [0.4, 0.5) is 5.69 Å². The number of imidazole rings is 1. The van der Waals surface area contributed by atoms with E-state index in [2.05, 4.69) is 10.3 Å². The van der Waals surface area contributed by atoms with Gasteiger partial charge >= 0.3 is 0 Å². The first-order valence-corrected chi connectivity index (χ1v) is 6.57. The topological polar surface area (TPSA) is 46.9 Å². The van der Waals surface area contributed by atoms with Crippen molar-refractivity contribution in [2.24, 2.45) is 0 Å². The number of benzene rings is 2. The van der Waals surface area contributed by atoms with Crippen LogP contribution in [-0.4, -0.2) is 15.5 Å². The number of rotatable bonds is 3. The second kappa shape index (κ2) is 5.35. The van der Waals surface area contributed by atoms with Crippen molar-refractivity contribution in [2.45, 2.75) is 6.54 Å². The highest BCUT2D eigenvalue weighted by Crippen LogP contribution is 2.19. The normalized spacial score (nSPS) is 10.7. The molecule has 1 heterocycles. The third-order valence-corrected chi connectivity index (χ3v) is 3.26. The van der Waals surface area contributed by atoms with Gasteiger partial charge in [0, 0.05) is 5.69 Å². The maximum absolute atomic E-state index is 12.1. The van der Waals surface area contributed by atoms with Gasteiger partial charge in [-0.1, -0.05) is 30.3 Å². The minimum atomic E-state index is -0.138. The van der Waals surface area contributed by atoms with Crippen molar-refractivity contribution in [2.75, 3.05) is 5.32 Å². The minimum absolute atomic E-state index is 0.133. The van der Waals surface area contributed by atoms with Crippen LogP contribution in [0.15, 0.2) is 54.6 Å². The van der Waals surface area contributed by atoms with Crippen molar-refractivity contribution >= 4 is 34.2 Å². The summed E-state index contributed by atoms with van der Waals surface area (Å²) < 4.78 is 1.69. The van der Waals surface area contributed by atoms with E-state index in [1.165, 1.54) is 0 Å². The van der Waals surface area contributed by atoms with Crippen LogP contribution in [0.3, 0.4) is 0 Å². The van der Waals surface area contributed by atoms with E-state index in [0.717, 1.165) is 16.7 Å². The molecule has 1 aromatic heterocycles. The van der Waals surface area contributed by atoms with E-state index in [9.17, 15) is 4.79 Å². The molecule has 5 heteroatoms. The Morgan fingerprint density at radius 2 is 1.80 bits per heavy atom. The molecule has 0 aliphatic rings. The second-order valence-electron chi connectivity index (χ2n) is 4.37. The SMILES string of the molecule is O=C(Cn1c(Cl)nc2ccccc21)Nc1ccccc1. The van der Waals surface area contributed by atoms with Crippen molar-refractivity contribution < 1.29 is 4.79 Å². The first-order valence-electron chi connectivity index (χ1n) is 6.20. The molecule has 0 aliphatic carbocycles. The Kier molecular flexibility index (Phi) is 3.39. The summed E-state index contributed by atoms with van der Waals surface area (Å²) in [7, 11) is 0. The predicted octanol–water partition coefficient (Wildman–Crippen LogP) is 3.33. The van der Waals surface area contributed by atoms with E-state index in [1.54, 1.807) is 4.57 Å². The molecule has 0 saturated heterocycles. The van der Waals surface area contributed by atoms with E-state index in [0.29, 0.717) is 5.28 Å². The Hall–Kier alpha value is -2.33. The van der Waals surface area contributed by atoms with Gasteiger partial charge in [-0.2, -0.15) is 0 Å². The monoisotopic (exact) mass is 285 g/mol. The molecular formula is C15H12ClN3O. The molecular weight excluding hydrogens is 274 g/mol. The summed E-state index contributed by atoms with van der Waals surface area (Å²) in [5, 5.41) is 3.14. The van der Waals surface area contributed by atoms with Gasteiger partial charge in [0.15, 0.2) is 0 Å². The number of nitrogens with one attached hydrogen (secondary N) is 1. The summed E-state index contributed by atoms with van der Waals surface area (Å²) in [6.07, 6.45) is 0. The van der Waals surface area contributed by atoms with Crippen LogP contribution in [0.2, 0.25) is 5.28 Å². The quantitative estimate of drug-likeness (QED) is 0.802. The summed E-state index contributed by atoms with van der Waals surface area (Å²) in [5.74, 6) is -0.138. The number of carbonyl (C=O) groups is 1. The summed E-state index contributed by atoms with van der Waals surface area (Å²) >= 11 is 6.09. The number of halogens is 1. The number of hydrogen-bond donors (Lipinski definition) is 1. The summed E-state index contributed by atoms with van der Waals surface area (Å²) in [6, 6.07) is 16.9. The number of carbonyl (C=O) groups excluding carboxylic acids is 1. The van der Waals surface area contributed by atoms with Gasteiger partial charge in [-0.25, -0.2) is 4.98 Å². The number of fused-ring (bicyclic) bond motifs is 1. The molecule has 0 saturated carbocycles. The third kappa shape index (κ3) is 2.51. The lowest BCUT2D eigenvalue weighted by Gasteiger charge is -2.07. The Balaban J connectivity index is 1.83. The molecule has 3 aromatic rings. The highest BCUT2D eigenvalue weighted by Gasteiger charge is 2.11. The number of amides is 1. The lowest BCUT2D eigenvalue weighted by atomic mass is 10.3. The van der Waals surface area contributed by atoms with Crippen LogP contribution in [0.1, 0.15) is 0 Å². The zero-order valence-corrected chi connectivity index (χ0v) is 11.3. The van der Waals surface area contributed by atoms with Crippen LogP contribution >= 0.6 is 11.6 Å². The van der Waals surface area contributed by atoms with E-state index < -0.39 is 0 Å². The fourth-order valence-electron chi connectivity index (χ4n) is 2.06.